The van der Waals surface area contributed by atoms with Crippen molar-refractivity contribution in [1.29, 1.82) is 0 Å². The van der Waals surface area contributed by atoms with Crippen LogP contribution in [0.4, 0.5) is 0 Å². The molecule has 3 nitrogen and oxygen atoms in total. The summed E-state index contributed by atoms with van der Waals surface area (Å²) < 4.78 is 0. The zero-order valence-corrected chi connectivity index (χ0v) is 10.7. The molecule has 0 amide bonds. The van der Waals surface area contributed by atoms with E-state index < -0.39 is 0 Å². The molecule has 0 aromatic carbocycles. The lowest BCUT2D eigenvalue weighted by atomic mass is 9.67. The summed E-state index contributed by atoms with van der Waals surface area (Å²) in [5, 5.41) is 6.90. The summed E-state index contributed by atoms with van der Waals surface area (Å²) >= 11 is 0. The number of nitrogens with zero attached hydrogens (tertiary/aromatic N) is 1. The Bertz CT molecular complexity index is 246. The van der Waals surface area contributed by atoms with Crippen molar-refractivity contribution in [2.45, 2.75) is 45.4 Å². The predicted octanol–water partition coefficient (Wildman–Crippen LogP) is 2.14. The standard InChI is InChI=1S/C13H25N3/c1-3-13(7-4-8-13)10-16-12(14-2)15-9-11-5-6-11/h11H,3-10H2,1-2H3,(H2,14,15,16). The maximum Gasteiger partial charge on any atom is 0.191 e. The molecule has 2 saturated carbocycles. The minimum atomic E-state index is 0.567. The number of rotatable bonds is 5. The van der Waals surface area contributed by atoms with Crippen LogP contribution in [-0.4, -0.2) is 26.1 Å². The van der Waals surface area contributed by atoms with Crippen LogP contribution in [0.5, 0.6) is 0 Å². The molecule has 2 N–H and O–H groups in total. The summed E-state index contributed by atoms with van der Waals surface area (Å²) in [6.07, 6.45) is 8.25. The van der Waals surface area contributed by atoms with Crippen molar-refractivity contribution < 1.29 is 0 Å². The van der Waals surface area contributed by atoms with Gasteiger partial charge in [-0.05, 0) is 43.4 Å². The van der Waals surface area contributed by atoms with Gasteiger partial charge in [-0.1, -0.05) is 13.3 Å². The third-order valence-corrected chi connectivity index (χ3v) is 4.27. The van der Waals surface area contributed by atoms with Gasteiger partial charge in [0, 0.05) is 20.1 Å². The number of hydrogen-bond donors (Lipinski definition) is 2. The Morgan fingerprint density at radius 3 is 2.50 bits per heavy atom. The van der Waals surface area contributed by atoms with Crippen LogP contribution in [0.1, 0.15) is 45.4 Å². The van der Waals surface area contributed by atoms with Crippen molar-refractivity contribution in [3.05, 3.63) is 0 Å². The topological polar surface area (TPSA) is 36.4 Å². The first kappa shape index (κ1) is 11.7. The van der Waals surface area contributed by atoms with Crippen LogP contribution in [-0.2, 0) is 0 Å². The van der Waals surface area contributed by atoms with Crippen LogP contribution in [0.3, 0.4) is 0 Å². The molecule has 0 bridgehead atoms. The highest BCUT2D eigenvalue weighted by molar-refractivity contribution is 5.79. The van der Waals surface area contributed by atoms with E-state index in [1.807, 2.05) is 7.05 Å². The average Bonchev–Trinajstić information content (AvgIpc) is 3.05. The molecule has 0 heterocycles. The second kappa shape index (κ2) is 5.07. The van der Waals surface area contributed by atoms with Crippen LogP contribution >= 0.6 is 0 Å². The van der Waals surface area contributed by atoms with Crippen LogP contribution in [0, 0.1) is 11.3 Å². The first-order valence-corrected chi connectivity index (χ1v) is 6.72. The lowest BCUT2D eigenvalue weighted by Gasteiger charge is -2.41. The molecule has 2 rings (SSSR count). The highest BCUT2D eigenvalue weighted by atomic mass is 15.2. The Morgan fingerprint density at radius 2 is 2.06 bits per heavy atom. The van der Waals surface area contributed by atoms with Gasteiger partial charge in [-0.25, -0.2) is 0 Å². The number of nitrogens with one attached hydrogen (secondary N) is 2. The molecule has 0 aromatic rings. The minimum absolute atomic E-state index is 0.567. The molecule has 0 saturated heterocycles. The van der Waals surface area contributed by atoms with Gasteiger partial charge in [-0.15, -0.1) is 0 Å². The van der Waals surface area contributed by atoms with Crippen molar-refractivity contribution in [3.8, 4) is 0 Å². The molecular formula is C13H25N3. The summed E-state index contributed by atoms with van der Waals surface area (Å²) in [5.74, 6) is 1.90. The summed E-state index contributed by atoms with van der Waals surface area (Å²) in [6, 6.07) is 0. The molecule has 0 aromatic heterocycles. The lowest BCUT2D eigenvalue weighted by Crippen LogP contribution is -2.46. The van der Waals surface area contributed by atoms with Gasteiger partial charge in [0.1, 0.15) is 0 Å². The van der Waals surface area contributed by atoms with Crippen molar-refractivity contribution in [2.24, 2.45) is 16.3 Å². The molecule has 92 valence electrons. The van der Waals surface area contributed by atoms with Crippen LogP contribution in [0.25, 0.3) is 0 Å². The van der Waals surface area contributed by atoms with E-state index in [2.05, 4.69) is 22.5 Å². The monoisotopic (exact) mass is 223 g/mol. The maximum atomic E-state index is 4.28. The molecule has 0 atom stereocenters. The predicted molar refractivity (Wildman–Crippen MR) is 68.7 cm³/mol. The fourth-order valence-electron chi connectivity index (χ4n) is 2.39. The molecule has 0 unspecified atom stereocenters. The van der Waals surface area contributed by atoms with E-state index in [1.165, 1.54) is 38.5 Å². The minimum Gasteiger partial charge on any atom is -0.356 e. The molecule has 3 heteroatoms. The smallest absolute Gasteiger partial charge is 0.191 e. The van der Waals surface area contributed by atoms with Crippen molar-refractivity contribution in [3.63, 3.8) is 0 Å². The molecule has 16 heavy (non-hydrogen) atoms. The maximum absolute atomic E-state index is 4.28. The van der Waals surface area contributed by atoms with E-state index in [1.54, 1.807) is 0 Å². The summed E-state index contributed by atoms with van der Waals surface area (Å²) in [5.41, 5.74) is 0.567. The zero-order chi connectivity index (χ0) is 11.4. The largest absolute Gasteiger partial charge is 0.356 e. The third kappa shape index (κ3) is 2.89. The first-order chi connectivity index (χ1) is 7.78. The second-order valence-electron chi connectivity index (χ2n) is 5.46. The van der Waals surface area contributed by atoms with Crippen molar-refractivity contribution in [1.82, 2.24) is 10.6 Å². The van der Waals surface area contributed by atoms with E-state index in [0.717, 1.165) is 25.0 Å². The van der Waals surface area contributed by atoms with Gasteiger partial charge >= 0.3 is 0 Å². The normalized spacial score (nSPS) is 23.8. The van der Waals surface area contributed by atoms with Gasteiger partial charge < -0.3 is 10.6 Å². The number of aliphatic imine (C=N–C) groups is 1. The molecular weight excluding hydrogens is 198 g/mol. The Kier molecular flexibility index (Phi) is 3.72. The van der Waals surface area contributed by atoms with Gasteiger partial charge in [0.05, 0.1) is 0 Å². The highest BCUT2D eigenvalue weighted by Crippen LogP contribution is 2.42. The van der Waals surface area contributed by atoms with Gasteiger partial charge in [0.2, 0.25) is 0 Å². The van der Waals surface area contributed by atoms with Gasteiger partial charge in [-0.3, -0.25) is 4.99 Å². The summed E-state index contributed by atoms with van der Waals surface area (Å²) in [7, 11) is 1.86. The van der Waals surface area contributed by atoms with Crippen LogP contribution in [0.15, 0.2) is 4.99 Å². The Balaban J connectivity index is 1.69. The number of guanidine groups is 1. The molecule has 2 aliphatic rings. The highest BCUT2D eigenvalue weighted by Gasteiger charge is 2.34. The van der Waals surface area contributed by atoms with E-state index in [-0.39, 0.29) is 0 Å². The van der Waals surface area contributed by atoms with E-state index in [4.69, 9.17) is 0 Å². The molecule has 0 spiro atoms. The second-order valence-corrected chi connectivity index (χ2v) is 5.46. The third-order valence-electron chi connectivity index (χ3n) is 4.27. The lowest BCUT2D eigenvalue weighted by molar-refractivity contribution is 0.131. The fourth-order valence-corrected chi connectivity index (χ4v) is 2.39. The van der Waals surface area contributed by atoms with E-state index in [0.29, 0.717) is 5.41 Å². The van der Waals surface area contributed by atoms with Crippen molar-refractivity contribution in [2.75, 3.05) is 20.1 Å². The quantitative estimate of drug-likeness (QED) is 0.553. The van der Waals surface area contributed by atoms with Gasteiger partial charge in [0.15, 0.2) is 5.96 Å². The SMILES string of the molecule is CCC1(CNC(=NC)NCC2CC2)CCC1. The molecule has 0 radical (unpaired) electrons. The Labute approximate surface area is 99.1 Å². The Hall–Kier alpha value is -0.730. The zero-order valence-electron chi connectivity index (χ0n) is 10.7. The van der Waals surface area contributed by atoms with Crippen molar-refractivity contribution >= 4 is 5.96 Å². The van der Waals surface area contributed by atoms with E-state index in [9.17, 15) is 0 Å². The number of hydrogen-bond acceptors (Lipinski definition) is 1. The first-order valence-electron chi connectivity index (χ1n) is 6.72. The summed E-state index contributed by atoms with van der Waals surface area (Å²) in [4.78, 5) is 4.28. The Morgan fingerprint density at radius 1 is 1.31 bits per heavy atom. The molecule has 2 fully saturated rings. The fraction of sp³-hybridized carbons (Fsp3) is 0.923. The van der Waals surface area contributed by atoms with Gasteiger partial charge in [-0.2, -0.15) is 0 Å². The molecule has 2 aliphatic carbocycles. The van der Waals surface area contributed by atoms with Crippen LogP contribution < -0.4 is 10.6 Å². The van der Waals surface area contributed by atoms with Crippen LogP contribution in [0.2, 0.25) is 0 Å². The van der Waals surface area contributed by atoms with Gasteiger partial charge in [0.25, 0.3) is 0 Å². The average molecular weight is 223 g/mol. The van der Waals surface area contributed by atoms with E-state index >= 15 is 0 Å². The molecule has 0 aliphatic heterocycles. The summed E-state index contributed by atoms with van der Waals surface area (Å²) in [6.45, 7) is 4.49.